The third kappa shape index (κ3) is 3.44. The Balaban J connectivity index is 1.36. The van der Waals surface area contributed by atoms with Gasteiger partial charge >= 0.3 is 0 Å². The van der Waals surface area contributed by atoms with E-state index < -0.39 is 0 Å². The highest BCUT2D eigenvalue weighted by molar-refractivity contribution is 5.97. The van der Waals surface area contributed by atoms with E-state index in [4.69, 9.17) is 0 Å². The third-order valence-corrected chi connectivity index (χ3v) is 4.88. The van der Waals surface area contributed by atoms with E-state index in [1.807, 2.05) is 60.8 Å². The summed E-state index contributed by atoms with van der Waals surface area (Å²) in [6.45, 7) is 0.401. The number of benzene rings is 2. The lowest BCUT2D eigenvalue weighted by atomic mass is 10.1. The minimum Gasteiger partial charge on any atom is -0.348 e. The monoisotopic (exact) mass is 394 g/mol. The normalized spacial score (nSPS) is 10.9. The summed E-state index contributed by atoms with van der Waals surface area (Å²) in [5.41, 5.74) is 5.06. The van der Waals surface area contributed by atoms with E-state index in [9.17, 15) is 4.79 Å². The molecule has 146 valence electrons. The third-order valence-electron chi connectivity index (χ3n) is 4.88. The summed E-state index contributed by atoms with van der Waals surface area (Å²) >= 11 is 0. The number of nitrogens with one attached hydrogen (secondary N) is 2. The minimum absolute atomic E-state index is 0.146. The Morgan fingerprint density at radius 2 is 1.87 bits per heavy atom. The number of nitrogens with zero attached hydrogens (tertiary/aromatic N) is 4. The number of carbonyl (C=O) groups excluding carboxylic acids is 1. The first-order chi connectivity index (χ1) is 14.8. The highest BCUT2D eigenvalue weighted by atomic mass is 16.1. The molecule has 5 aromatic rings. The summed E-state index contributed by atoms with van der Waals surface area (Å²) in [5, 5.41) is 7.28. The Kier molecular flexibility index (Phi) is 4.53. The molecule has 0 aliphatic rings. The number of para-hydroxylation sites is 1. The highest BCUT2D eigenvalue weighted by Crippen LogP contribution is 2.21. The SMILES string of the molecule is O=C(NCc1ccccc1-n1cccn1)c1ccc2nc(-c3ccncc3)[nH]c2c1. The van der Waals surface area contributed by atoms with Gasteiger partial charge in [-0.2, -0.15) is 5.10 Å². The summed E-state index contributed by atoms with van der Waals surface area (Å²) in [5.74, 6) is 0.602. The lowest BCUT2D eigenvalue weighted by molar-refractivity contribution is 0.0951. The number of H-pyrrole nitrogens is 1. The zero-order valence-corrected chi connectivity index (χ0v) is 16.0. The van der Waals surface area contributed by atoms with Crippen molar-refractivity contribution in [1.82, 2.24) is 30.0 Å². The van der Waals surface area contributed by atoms with E-state index in [1.165, 1.54) is 0 Å². The van der Waals surface area contributed by atoms with Crippen molar-refractivity contribution in [3.05, 3.63) is 96.6 Å². The van der Waals surface area contributed by atoms with Crippen LogP contribution in [0.15, 0.2) is 85.5 Å². The first-order valence-electron chi connectivity index (χ1n) is 9.54. The molecule has 0 fully saturated rings. The standard InChI is InChI=1S/C23H18N6O/c30-23(25-15-18-4-1-2-5-21(18)29-13-3-10-26-29)17-6-7-19-20(14-17)28-22(27-19)16-8-11-24-12-9-16/h1-14H,15H2,(H,25,30)(H,27,28). The van der Waals surface area contributed by atoms with Crippen molar-refractivity contribution in [1.29, 1.82) is 0 Å². The number of amides is 1. The number of hydrogen-bond acceptors (Lipinski definition) is 4. The molecule has 0 aliphatic heterocycles. The number of imidazole rings is 1. The Morgan fingerprint density at radius 3 is 2.70 bits per heavy atom. The van der Waals surface area contributed by atoms with Gasteiger partial charge in [-0.3, -0.25) is 9.78 Å². The van der Waals surface area contributed by atoms with Crippen molar-refractivity contribution in [3.63, 3.8) is 0 Å². The van der Waals surface area contributed by atoms with Crippen LogP contribution in [0.4, 0.5) is 0 Å². The fraction of sp³-hybridized carbons (Fsp3) is 0.0435. The second-order valence-corrected chi connectivity index (χ2v) is 6.82. The summed E-state index contributed by atoms with van der Waals surface area (Å²) in [7, 11) is 0. The van der Waals surface area contributed by atoms with Crippen molar-refractivity contribution in [2.24, 2.45) is 0 Å². The van der Waals surface area contributed by atoms with Crippen LogP contribution in [0.5, 0.6) is 0 Å². The van der Waals surface area contributed by atoms with Gasteiger partial charge in [0.05, 0.1) is 16.7 Å². The molecule has 1 amide bonds. The molecule has 0 atom stereocenters. The number of aromatic amines is 1. The maximum absolute atomic E-state index is 12.8. The fourth-order valence-corrected chi connectivity index (χ4v) is 3.37. The smallest absolute Gasteiger partial charge is 0.251 e. The Bertz CT molecular complexity index is 1310. The quantitative estimate of drug-likeness (QED) is 0.475. The first-order valence-corrected chi connectivity index (χ1v) is 9.54. The van der Waals surface area contributed by atoms with E-state index in [0.717, 1.165) is 33.7 Å². The van der Waals surface area contributed by atoms with Gasteiger partial charge in [-0.05, 0) is 48.0 Å². The van der Waals surface area contributed by atoms with Crippen LogP contribution in [0.25, 0.3) is 28.1 Å². The Labute approximate surface area is 172 Å². The van der Waals surface area contributed by atoms with Crippen LogP contribution in [0, 0.1) is 0 Å². The largest absolute Gasteiger partial charge is 0.348 e. The van der Waals surface area contributed by atoms with Gasteiger partial charge in [0.2, 0.25) is 0 Å². The summed E-state index contributed by atoms with van der Waals surface area (Å²) in [4.78, 5) is 24.7. The number of rotatable bonds is 5. The predicted octanol–water partition coefficient (Wildman–Crippen LogP) is 3.74. The molecule has 0 bridgehead atoms. The molecule has 0 spiro atoms. The van der Waals surface area contributed by atoms with E-state index in [-0.39, 0.29) is 5.91 Å². The lowest BCUT2D eigenvalue weighted by Crippen LogP contribution is -2.23. The van der Waals surface area contributed by atoms with Crippen molar-refractivity contribution >= 4 is 16.9 Å². The van der Waals surface area contributed by atoms with E-state index in [2.05, 4.69) is 25.4 Å². The van der Waals surface area contributed by atoms with Crippen LogP contribution in [0.1, 0.15) is 15.9 Å². The molecular formula is C23H18N6O. The summed E-state index contributed by atoms with van der Waals surface area (Å²) < 4.78 is 1.79. The maximum Gasteiger partial charge on any atom is 0.251 e. The van der Waals surface area contributed by atoms with Crippen LogP contribution in [-0.4, -0.2) is 30.6 Å². The molecular weight excluding hydrogens is 376 g/mol. The number of aromatic nitrogens is 5. The first kappa shape index (κ1) is 17.8. The average Bonchev–Trinajstić information content (AvgIpc) is 3.48. The Morgan fingerprint density at radius 1 is 1.00 bits per heavy atom. The fourth-order valence-electron chi connectivity index (χ4n) is 3.37. The number of fused-ring (bicyclic) bond motifs is 1. The molecule has 30 heavy (non-hydrogen) atoms. The van der Waals surface area contributed by atoms with Gasteiger partial charge in [-0.25, -0.2) is 9.67 Å². The number of pyridine rings is 1. The van der Waals surface area contributed by atoms with Crippen molar-refractivity contribution < 1.29 is 4.79 Å². The molecule has 2 aromatic carbocycles. The van der Waals surface area contributed by atoms with E-state index >= 15 is 0 Å². The van der Waals surface area contributed by atoms with Gasteiger partial charge in [0.25, 0.3) is 5.91 Å². The van der Waals surface area contributed by atoms with Gasteiger partial charge in [0.1, 0.15) is 5.82 Å². The molecule has 0 aliphatic carbocycles. The van der Waals surface area contributed by atoms with Crippen LogP contribution in [0.3, 0.4) is 0 Å². The molecule has 0 saturated heterocycles. The average molecular weight is 394 g/mol. The number of hydrogen-bond donors (Lipinski definition) is 2. The molecule has 3 heterocycles. The second kappa shape index (κ2) is 7.63. The molecule has 7 heteroatoms. The van der Waals surface area contributed by atoms with E-state index in [0.29, 0.717) is 12.1 Å². The van der Waals surface area contributed by atoms with Gasteiger partial charge < -0.3 is 10.3 Å². The lowest BCUT2D eigenvalue weighted by Gasteiger charge is -2.11. The van der Waals surface area contributed by atoms with Gasteiger partial charge in [-0.15, -0.1) is 0 Å². The maximum atomic E-state index is 12.8. The Hall–Kier alpha value is -4.26. The predicted molar refractivity (Wildman–Crippen MR) is 114 cm³/mol. The molecule has 5 rings (SSSR count). The van der Waals surface area contributed by atoms with Gasteiger partial charge in [0, 0.05) is 42.5 Å². The summed E-state index contributed by atoms with van der Waals surface area (Å²) in [6, 6.07) is 19.0. The second-order valence-electron chi connectivity index (χ2n) is 6.82. The molecule has 0 saturated carbocycles. The summed E-state index contributed by atoms with van der Waals surface area (Å²) in [6.07, 6.45) is 7.06. The van der Waals surface area contributed by atoms with Crippen LogP contribution in [0.2, 0.25) is 0 Å². The van der Waals surface area contributed by atoms with Crippen LogP contribution < -0.4 is 5.32 Å². The van der Waals surface area contributed by atoms with Crippen LogP contribution in [-0.2, 0) is 6.54 Å². The topological polar surface area (TPSA) is 88.5 Å². The van der Waals surface area contributed by atoms with Crippen molar-refractivity contribution in [3.8, 4) is 17.1 Å². The molecule has 2 N–H and O–H groups in total. The van der Waals surface area contributed by atoms with Crippen molar-refractivity contribution in [2.45, 2.75) is 6.54 Å². The van der Waals surface area contributed by atoms with Crippen LogP contribution >= 0.6 is 0 Å². The zero-order chi connectivity index (χ0) is 20.3. The van der Waals surface area contributed by atoms with Gasteiger partial charge in [0.15, 0.2) is 0 Å². The molecule has 0 radical (unpaired) electrons. The van der Waals surface area contributed by atoms with Gasteiger partial charge in [-0.1, -0.05) is 18.2 Å². The van der Waals surface area contributed by atoms with Crippen molar-refractivity contribution in [2.75, 3.05) is 0 Å². The number of carbonyl (C=O) groups is 1. The molecule has 3 aromatic heterocycles. The van der Waals surface area contributed by atoms with E-state index in [1.54, 1.807) is 29.3 Å². The highest BCUT2D eigenvalue weighted by Gasteiger charge is 2.11. The minimum atomic E-state index is -0.146. The molecule has 0 unspecified atom stereocenters. The zero-order valence-electron chi connectivity index (χ0n) is 16.0. The molecule has 7 nitrogen and oxygen atoms in total.